The molecule has 0 aliphatic carbocycles. The van der Waals surface area contributed by atoms with Crippen LogP contribution < -0.4 is 0 Å². The van der Waals surface area contributed by atoms with Crippen molar-refractivity contribution >= 4 is 0 Å². The Hall–Kier alpha value is -0.860. The number of rotatable bonds is 3. The van der Waals surface area contributed by atoms with E-state index in [0.29, 0.717) is 12.6 Å². The zero-order chi connectivity index (χ0) is 11.4. The van der Waals surface area contributed by atoms with Gasteiger partial charge in [-0.2, -0.15) is 0 Å². The van der Waals surface area contributed by atoms with E-state index in [-0.39, 0.29) is 0 Å². The first-order valence-electron chi connectivity index (χ1n) is 6.20. The lowest BCUT2D eigenvalue weighted by Crippen LogP contribution is -2.41. The minimum absolute atomic E-state index is 0.297. The number of hydrogen-bond donors (Lipinski definition) is 1. The molecule has 2 heteroatoms. The summed E-state index contributed by atoms with van der Waals surface area (Å²) >= 11 is 0. The van der Waals surface area contributed by atoms with Crippen molar-refractivity contribution in [2.24, 2.45) is 0 Å². The average Bonchev–Trinajstić information content (AvgIpc) is 2.30. The lowest BCUT2D eigenvalue weighted by Gasteiger charge is -2.34. The third-order valence-electron chi connectivity index (χ3n) is 3.43. The zero-order valence-corrected chi connectivity index (χ0v) is 10.0. The Morgan fingerprint density at radius 2 is 2.25 bits per heavy atom. The highest BCUT2D eigenvalue weighted by molar-refractivity contribution is 5.22. The largest absolute Gasteiger partial charge is 0.395 e. The van der Waals surface area contributed by atoms with E-state index in [9.17, 15) is 5.11 Å². The van der Waals surface area contributed by atoms with Crippen molar-refractivity contribution in [2.45, 2.75) is 38.8 Å². The third kappa shape index (κ3) is 2.83. The molecule has 0 unspecified atom stereocenters. The van der Waals surface area contributed by atoms with Gasteiger partial charge in [0.25, 0.3) is 0 Å². The molecule has 1 fully saturated rings. The molecule has 0 bridgehead atoms. The van der Waals surface area contributed by atoms with Gasteiger partial charge in [0.2, 0.25) is 0 Å². The van der Waals surface area contributed by atoms with Gasteiger partial charge in [0.05, 0.1) is 6.61 Å². The first-order chi connectivity index (χ1) is 7.79. The second-order valence-electron chi connectivity index (χ2n) is 4.79. The highest BCUT2D eigenvalue weighted by Gasteiger charge is 2.21. The standard InChI is InChI=1S/C14H21NO/c1-12-5-4-6-13(9-12)10-15-8-3-2-7-14(15)11-16/h4-6,9,14,16H,2-3,7-8,10-11H2,1H3/t14-/m1/s1. The first kappa shape index (κ1) is 11.6. The van der Waals surface area contributed by atoms with Crippen LogP contribution in [0.3, 0.4) is 0 Å². The average molecular weight is 219 g/mol. The molecule has 0 saturated carbocycles. The van der Waals surface area contributed by atoms with Crippen LogP contribution in [0.2, 0.25) is 0 Å². The molecule has 1 heterocycles. The maximum absolute atomic E-state index is 9.35. The van der Waals surface area contributed by atoms with E-state index < -0.39 is 0 Å². The summed E-state index contributed by atoms with van der Waals surface area (Å²) in [7, 11) is 0. The molecule has 0 spiro atoms. The molecule has 16 heavy (non-hydrogen) atoms. The molecular weight excluding hydrogens is 198 g/mol. The van der Waals surface area contributed by atoms with Crippen molar-refractivity contribution < 1.29 is 5.11 Å². The van der Waals surface area contributed by atoms with E-state index in [4.69, 9.17) is 0 Å². The van der Waals surface area contributed by atoms with Crippen molar-refractivity contribution in [3.8, 4) is 0 Å². The smallest absolute Gasteiger partial charge is 0.0586 e. The highest BCUT2D eigenvalue weighted by Crippen LogP contribution is 2.19. The number of benzene rings is 1. The molecule has 1 N–H and O–H groups in total. The van der Waals surface area contributed by atoms with E-state index in [1.165, 1.54) is 24.0 Å². The fourth-order valence-corrected chi connectivity index (χ4v) is 2.52. The van der Waals surface area contributed by atoms with Crippen molar-refractivity contribution in [1.29, 1.82) is 0 Å². The maximum Gasteiger partial charge on any atom is 0.0586 e. The van der Waals surface area contributed by atoms with Gasteiger partial charge in [0.1, 0.15) is 0 Å². The Bertz CT molecular complexity index is 337. The number of aliphatic hydroxyl groups is 1. The molecule has 1 aromatic carbocycles. The monoisotopic (exact) mass is 219 g/mol. The summed E-state index contributed by atoms with van der Waals surface area (Å²) in [6.07, 6.45) is 3.67. The van der Waals surface area contributed by atoms with Crippen LogP contribution in [0.15, 0.2) is 24.3 Å². The summed E-state index contributed by atoms with van der Waals surface area (Å²) in [5.41, 5.74) is 2.68. The first-order valence-corrected chi connectivity index (χ1v) is 6.20. The number of aliphatic hydroxyl groups excluding tert-OH is 1. The summed E-state index contributed by atoms with van der Waals surface area (Å²) in [6.45, 7) is 4.53. The molecule has 1 aliphatic heterocycles. The summed E-state index contributed by atoms with van der Waals surface area (Å²) in [4.78, 5) is 2.41. The van der Waals surface area contributed by atoms with E-state index in [2.05, 4.69) is 36.1 Å². The van der Waals surface area contributed by atoms with Crippen molar-refractivity contribution in [3.05, 3.63) is 35.4 Å². The number of piperidine rings is 1. The second-order valence-corrected chi connectivity index (χ2v) is 4.79. The number of hydrogen-bond acceptors (Lipinski definition) is 2. The van der Waals surface area contributed by atoms with Crippen LogP contribution in [0.1, 0.15) is 30.4 Å². The Morgan fingerprint density at radius 1 is 1.38 bits per heavy atom. The van der Waals surface area contributed by atoms with Gasteiger partial charge < -0.3 is 5.11 Å². The van der Waals surface area contributed by atoms with Gasteiger partial charge in [0.15, 0.2) is 0 Å². The summed E-state index contributed by atoms with van der Waals surface area (Å²) in [5.74, 6) is 0. The minimum atomic E-state index is 0.297. The topological polar surface area (TPSA) is 23.5 Å². The highest BCUT2D eigenvalue weighted by atomic mass is 16.3. The maximum atomic E-state index is 9.35. The summed E-state index contributed by atoms with van der Waals surface area (Å²) < 4.78 is 0. The van der Waals surface area contributed by atoms with Crippen LogP contribution in [0.25, 0.3) is 0 Å². The van der Waals surface area contributed by atoms with Crippen molar-refractivity contribution in [2.75, 3.05) is 13.2 Å². The van der Waals surface area contributed by atoms with Gasteiger partial charge in [-0.15, -0.1) is 0 Å². The molecule has 2 rings (SSSR count). The van der Waals surface area contributed by atoms with E-state index in [0.717, 1.165) is 19.5 Å². The molecular formula is C14H21NO. The van der Waals surface area contributed by atoms with Gasteiger partial charge in [-0.1, -0.05) is 36.2 Å². The molecule has 1 saturated heterocycles. The molecule has 88 valence electrons. The Balaban J connectivity index is 2.02. The van der Waals surface area contributed by atoms with Crippen LogP contribution in [0.4, 0.5) is 0 Å². The van der Waals surface area contributed by atoms with E-state index in [1.807, 2.05) is 0 Å². The quantitative estimate of drug-likeness (QED) is 0.843. The van der Waals surface area contributed by atoms with Crippen LogP contribution in [0, 0.1) is 6.92 Å². The van der Waals surface area contributed by atoms with Crippen LogP contribution in [-0.4, -0.2) is 29.2 Å². The third-order valence-corrected chi connectivity index (χ3v) is 3.43. The second kappa shape index (κ2) is 5.46. The van der Waals surface area contributed by atoms with E-state index in [1.54, 1.807) is 0 Å². The van der Waals surface area contributed by atoms with Crippen molar-refractivity contribution in [1.82, 2.24) is 4.90 Å². The molecule has 1 aliphatic rings. The predicted molar refractivity (Wildman–Crippen MR) is 66.3 cm³/mol. The molecule has 2 nitrogen and oxygen atoms in total. The van der Waals surface area contributed by atoms with E-state index >= 15 is 0 Å². The molecule has 1 atom stereocenters. The van der Waals surface area contributed by atoms with Crippen molar-refractivity contribution in [3.63, 3.8) is 0 Å². The number of aryl methyl sites for hydroxylation is 1. The van der Waals surface area contributed by atoms with Crippen LogP contribution in [0.5, 0.6) is 0 Å². The Morgan fingerprint density at radius 3 is 3.00 bits per heavy atom. The molecule has 0 aromatic heterocycles. The van der Waals surface area contributed by atoms with Crippen LogP contribution >= 0.6 is 0 Å². The fraction of sp³-hybridized carbons (Fsp3) is 0.571. The minimum Gasteiger partial charge on any atom is -0.395 e. The lowest BCUT2D eigenvalue weighted by molar-refractivity contribution is 0.0841. The Labute approximate surface area is 97.9 Å². The van der Waals surface area contributed by atoms with Gasteiger partial charge in [0, 0.05) is 12.6 Å². The Kier molecular flexibility index (Phi) is 3.97. The molecule has 0 amide bonds. The summed E-state index contributed by atoms with van der Waals surface area (Å²) in [5, 5.41) is 9.35. The van der Waals surface area contributed by atoms with Gasteiger partial charge >= 0.3 is 0 Å². The summed E-state index contributed by atoms with van der Waals surface area (Å²) in [6, 6.07) is 9.03. The zero-order valence-electron chi connectivity index (χ0n) is 10.0. The number of likely N-dealkylation sites (tertiary alicyclic amines) is 1. The molecule has 1 aromatic rings. The van der Waals surface area contributed by atoms with Gasteiger partial charge in [-0.25, -0.2) is 0 Å². The van der Waals surface area contributed by atoms with Crippen LogP contribution in [-0.2, 0) is 6.54 Å². The molecule has 0 radical (unpaired) electrons. The SMILES string of the molecule is Cc1cccc(CN2CCCC[C@@H]2CO)c1. The van der Waals surface area contributed by atoms with Gasteiger partial charge in [-0.3, -0.25) is 4.90 Å². The lowest BCUT2D eigenvalue weighted by atomic mass is 10.0. The predicted octanol–water partition coefficient (Wildman–Crippen LogP) is 2.34. The fourth-order valence-electron chi connectivity index (χ4n) is 2.52. The normalized spacial score (nSPS) is 22.2. The van der Waals surface area contributed by atoms with Gasteiger partial charge in [-0.05, 0) is 31.9 Å². The number of nitrogens with zero attached hydrogens (tertiary/aromatic N) is 1.